The number of ether oxygens (including phenoxy) is 2. The van der Waals surface area contributed by atoms with Gasteiger partial charge in [0.15, 0.2) is 6.29 Å². The highest BCUT2D eigenvalue weighted by molar-refractivity contribution is 5.76. The molecule has 4 nitrogen and oxygen atoms in total. The molecule has 16 heavy (non-hydrogen) atoms. The average Bonchev–Trinajstić information content (AvgIpc) is 2.28. The van der Waals surface area contributed by atoms with Crippen LogP contribution in [0.4, 0.5) is 0 Å². The van der Waals surface area contributed by atoms with Crippen molar-refractivity contribution >= 4 is 5.91 Å². The summed E-state index contributed by atoms with van der Waals surface area (Å²) in [5.74, 6) is 0.276. The fourth-order valence-corrected chi connectivity index (χ4v) is 1.95. The minimum Gasteiger partial charge on any atom is -0.353 e. The van der Waals surface area contributed by atoms with Gasteiger partial charge < -0.3 is 14.4 Å². The highest BCUT2D eigenvalue weighted by Crippen LogP contribution is 2.12. The molecule has 0 atom stereocenters. The van der Waals surface area contributed by atoms with Gasteiger partial charge in [-0.2, -0.15) is 0 Å². The summed E-state index contributed by atoms with van der Waals surface area (Å²) in [5.41, 5.74) is 0. The molecule has 0 radical (unpaired) electrons. The Hall–Kier alpha value is -0.610. The van der Waals surface area contributed by atoms with Crippen LogP contribution in [0.1, 0.15) is 39.5 Å². The predicted octanol–water partition coefficient (Wildman–Crippen LogP) is 1.79. The summed E-state index contributed by atoms with van der Waals surface area (Å²) < 4.78 is 10.9. The third kappa shape index (κ3) is 4.49. The van der Waals surface area contributed by atoms with E-state index in [0.29, 0.717) is 19.6 Å². The second-order valence-electron chi connectivity index (χ2n) is 3.97. The Morgan fingerprint density at radius 1 is 1.25 bits per heavy atom. The zero-order valence-corrected chi connectivity index (χ0v) is 10.4. The van der Waals surface area contributed by atoms with Crippen LogP contribution >= 0.6 is 0 Å². The van der Waals surface area contributed by atoms with Gasteiger partial charge in [0.25, 0.3) is 0 Å². The highest BCUT2D eigenvalue weighted by atomic mass is 16.7. The second-order valence-corrected chi connectivity index (χ2v) is 3.97. The summed E-state index contributed by atoms with van der Waals surface area (Å²) in [7, 11) is 0. The number of hydrogen-bond acceptors (Lipinski definition) is 3. The van der Waals surface area contributed by atoms with Gasteiger partial charge in [-0.1, -0.05) is 0 Å². The summed E-state index contributed by atoms with van der Waals surface area (Å²) in [6, 6.07) is 0. The SMILES string of the molecule is CCOC(CCN1CCCCC1=O)OCC. The number of likely N-dealkylation sites (tertiary alicyclic amines) is 1. The molecule has 0 aromatic carbocycles. The molecule has 0 spiro atoms. The van der Waals surface area contributed by atoms with Crippen molar-refractivity contribution < 1.29 is 14.3 Å². The Morgan fingerprint density at radius 3 is 2.50 bits per heavy atom. The molecule has 1 heterocycles. The van der Waals surface area contributed by atoms with Gasteiger partial charge in [-0.15, -0.1) is 0 Å². The third-order valence-electron chi connectivity index (χ3n) is 2.76. The minimum absolute atomic E-state index is 0.162. The second kappa shape index (κ2) is 7.63. The Kier molecular flexibility index (Phi) is 6.42. The number of rotatable bonds is 7. The fraction of sp³-hybridized carbons (Fsp3) is 0.917. The Bertz CT molecular complexity index is 202. The van der Waals surface area contributed by atoms with E-state index in [9.17, 15) is 4.79 Å². The Labute approximate surface area is 97.9 Å². The van der Waals surface area contributed by atoms with Crippen LogP contribution in [0.15, 0.2) is 0 Å². The van der Waals surface area contributed by atoms with Crippen molar-refractivity contribution in [3.63, 3.8) is 0 Å². The maximum Gasteiger partial charge on any atom is 0.222 e. The molecular weight excluding hydrogens is 206 g/mol. The summed E-state index contributed by atoms with van der Waals surface area (Å²) in [5, 5.41) is 0. The van der Waals surface area contributed by atoms with Crippen LogP contribution in [0.5, 0.6) is 0 Å². The first-order valence-electron chi connectivity index (χ1n) is 6.28. The molecule has 0 aliphatic carbocycles. The van der Waals surface area contributed by atoms with Crippen molar-refractivity contribution in [3.8, 4) is 0 Å². The van der Waals surface area contributed by atoms with Crippen molar-refractivity contribution in [1.82, 2.24) is 4.90 Å². The van der Waals surface area contributed by atoms with Crippen molar-refractivity contribution in [1.29, 1.82) is 0 Å². The third-order valence-corrected chi connectivity index (χ3v) is 2.76. The lowest BCUT2D eigenvalue weighted by Gasteiger charge is -2.28. The topological polar surface area (TPSA) is 38.8 Å². The molecule has 0 saturated carbocycles. The van der Waals surface area contributed by atoms with E-state index in [1.165, 1.54) is 0 Å². The van der Waals surface area contributed by atoms with Gasteiger partial charge in [0.1, 0.15) is 0 Å². The van der Waals surface area contributed by atoms with Crippen LogP contribution in [0.3, 0.4) is 0 Å². The van der Waals surface area contributed by atoms with Gasteiger partial charge in [-0.05, 0) is 26.7 Å². The first-order chi connectivity index (χ1) is 7.77. The zero-order valence-electron chi connectivity index (χ0n) is 10.4. The van der Waals surface area contributed by atoms with Crippen LogP contribution < -0.4 is 0 Å². The molecule has 0 N–H and O–H groups in total. The number of nitrogens with zero attached hydrogens (tertiary/aromatic N) is 1. The minimum atomic E-state index is -0.162. The molecule has 1 aliphatic rings. The molecule has 0 unspecified atom stereocenters. The summed E-state index contributed by atoms with van der Waals surface area (Å²) >= 11 is 0. The maximum absolute atomic E-state index is 11.6. The smallest absolute Gasteiger partial charge is 0.222 e. The van der Waals surface area contributed by atoms with E-state index in [-0.39, 0.29) is 12.2 Å². The average molecular weight is 229 g/mol. The first kappa shape index (κ1) is 13.5. The highest BCUT2D eigenvalue weighted by Gasteiger charge is 2.19. The molecule has 1 rings (SSSR count). The zero-order chi connectivity index (χ0) is 11.8. The van der Waals surface area contributed by atoms with E-state index in [4.69, 9.17) is 9.47 Å². The van der Waals surface area contributed by atoms with Crippen molar-refractivity contribution in [2.45, 2.75) is 45.8 Å². The van der Waals surface area contributed by atoms with Gasteiger partial charge in [0, 0.05) is 39.1 Å². The maximum atomic E-state index is 11.6. The van der Waals surface area contributed by atoms with Crippen LogP contribution in [0.2, 0.25) is 0 Å². The molecule has 0 aromatic rings. The van der Waals surface area contributed by atoms with Crippen LogP contribution in [0.25, 0.3) is 0 Å². The quantitative estimate of drug-likeness (QED) is 0.625. The van der Waals surface area contributed by atoms with Crippen LogP contribution in [-0.4, -0.2) is 43.4 Å². The molecule has 1 aliphatic heterocycles. The van der Waals surface area contributed by atoms with Crippen LogP contribution in [-0.2, 0) is 14.3 Å². The molecule has 4 heteroatoms. The number of carbonyl (C=O) groups is 1. The number of amides is 1. The van der Waals surface area contributed by atoms with E-state index in [2.05, 4.69) is 0 Å². The van der Waals surface area contributed by atoms with E-state index < -0.39 is 0 Å². The van der Waals surface area contributed by atoms with E-state index in [0.717, 1.165) is 32.4 Å². The van der Waals surface area contributed by atoms with E-state index in [1.54, 1.807) is 0 Å². The Morgan fingerprint density at radius 2 is 1.94 bits per heavy atom. The lowest BCUT2D eigenvalue weighted by Crippen LogP contribution is -2.37. The van der Waals surface area contributed by atoms with Crippen LogP contribution in [0, 0.1) is 0 Å². The molecule has 1 amide bonds. The molecule has 0 bridgehead atoms. The van der Waals surface area contributed by atoms with E-state index >= 15 is 0 Å². The lowest BCUT2D eigenvalue weighted by molar-refractivity contribution is -0.147. The van der Waals surface area contributed by atoms with Crippen molar-refractivity contribution in [3.05, 3.63) is 0 Å². The van der Waals surface area contributed by atoms with Gasteiger partial charge in [0.05, 0.1) is 0 Å². The number of piperidine rings is 1. The van der Waals surface area contributed by atoms with Gasteiger partial charge in [-0.25, -0.2) is 0 Å². The number of hydrogen-bond donors (Lipinski definition) is 0. The van der Waals surface area contributed by atoms with E-state index in [1.807, 2.05) is 18.7 Å². The summed E-state index contributed by atoms with van der Waals surface area (Å²) in [6.07, 6.45) is 3.47. The van der Waals surface area contributed by atoms with Gasteiger partial charge >= 0.3 is 0 Å². The molecule has 1 fully saturated rings. The number of carbonyl (C=O) groups excluding carboxylic acids is 1. The standard InChI is InChI=1S/C12H23NO3/c1-3-15-12(16-4-2)8-10-13-9-6-5-7-11(13)14/h12H,3-10H2,1-2H3. The molecular formula is C12H23NO3. The largest absolute Gasteiger partial charge is 0.353 e. The monoisotopic (exact) mass is 229 g/mol. The normalized spacial score (nSPS) is 17.2. The van der Waals surface area contributed by atoms with Crippen molar-refractivity contribution in [2.75, 3.05) is 26.3 Å². The summed E-state index contributed by atoms with van der Waals surface area (Å²) in [4.78, 5) is 13.5. The molecule has 94 valence electrons. The predicted molar refractivity (Wildman–Crippen MR) is 62.1 cm³/mol. The first-order valence-corrected chi connectivity index (χ1v) is 6.28. The van der Waals surface area contributed by atoms with Gasteiger partial charge in [0.2, 0.25) is 5.91 Å². The summed E-state index contributed by atoms with van der Waals surface area (Å²) in [6.45, 7) is 6.86. The lowest BCUT2D eigenvalue weighted by atomic mass is 10.1. The fourth-order valence-electron chi connectivity index (χ4n) is 1.95. The van der Waals surface area contributed by atoms with Gasteiger partial charge in [-0.3, -0.25) is 4.79 Å². The Balaban J connectivity index is 2.26. The van der Waals surface area contributed by atoms with Crippen molar-refractivity contribution in [2.24, 2.45) is 0 Å². The molecule has 0 aromatic heterocycles. The molecule has 1 saturated heterocycles.